The van der Waals surface area contributed by atoms with E-state index in [1.807, 2.05) is 0 Å². The van der Waals surface area contributed by atoms with Crippen molar-refractivity contribution in [3.8, 4) is 0 Å². The number of likely N-dealkylation sites (N-methyl/N-ethyl adjacent to an activating group) is 1. The number of thiocarbonyl (C=S) groups is 1. The highest BCUT2D eigenvalue weighted by Crippen LogP contribution is 2.12. The zero-order valence-corrected chi connectivity index (χ0v) is 11.3. The first-order valence-corrected chi connectivity index (χ1v) is 6.41. The number of esters is 1. The predicted molar refractivity (Wildman–Crippen MR) is 64.4 cm³/mol. The predicted octanol–water partition coefficient (Wildman–Crippen LogP) is -0.516. The van der Waals surface area contributed by atoms with Crippen molar-refractivity contribution in [3.63, 3.8) is 0 Å². The molecule has 0 aliphatic heterocycles. The molecule has 0 aromatic heterocycles. The SMILES string of the molecule is COC(=O)C(C)S(=O)(=O)N(C)C(C)C(N)=S. The molecule has 0 heterocycles. The molecule has 0 saturated heterocycles. The van der Waals surface area contributed by atoms with Crippen molar-refractivity contribution in [2.75, 3.05) is 14.2 Å². The van der Waals surface area contributed by atoms with Crippen LogP contribution in [0.1, 0.15) is 13.8 Å². The Kier molecular flexibility index (Phi) is 5.30. The molecule has 0 aromatic rings. The highest BCUT2D eigenvalue weighted by Gasteiger charge is 2.35. The van der Waals surface area contributed by atoms with Gasteiger partial charge in [-0.3, -0.25) is 4.79 Å². The van der Waals surface area contributed by atoms with Crippen molar-refractivity contribution in [1.29, 1.82) is 0 Å². The molecule has 0 aliphatic carbocycles. The summed E-state index contributed by atoms with van der Waals surface area (Å²) in [7, 11) is -1.35. The molecule has 0 spiro atoms. The zero-order valence-electron chi connectivity index (χ0n) is 9.63. The largest absolute Gasteiger partial charge is 0.468 e. The van der Waals surface area contributed by atoms with Crippen LogP contribution in [0.2, 0.25) is 0 Å². The van der Waals surface area contributed by atoms with Crippen LogP contribution in [0, 0.1) is 0 Å². The summed E-state index contributed by atoms with van der Waals surface area (Å²) in [5.74, 6) is -0.818. The number of hydrogen-bond donors (Lipinski definition) is 1. The molecule has 0 aliphatic rings. The number of ether oxygens (including phenoxy) is 1. The first kappa shape index (κ1) is 15.3. The van der Waals surface area contributed by atoms with Crippen LogP contribution in [0.15, 0.2) is 0 Å². The molecule has 0 rings (SSSR count). The number of nitrogens with two attached hydrogens (primary N) is 1. The highest BCUT2D eigenvalue weighted by atomic mass is 32.2. The Morgan fingerprint density at radius 3 is 2.19 bits per heavy atom. The number of carbonyl (C=O) groups excluding carboxylic acids is 1. The van der Waals surface area contributed by atoms with Crippen molar-refractivity contribution in [2.45, 2.75) is 25.1 Å². The maximum atomic E-state index is 11.9. The summed E-state index contributed by atoms with van der Waals surface area (Å²) in [5, 5.41) is -1.28. The second kappa shape index (κ2) is 5.55. The number of nitrogens with zero attached hydrogens (tertiary/aromatic N) is 1. The van der Waals surface area contributed by atoms with Crippen LogP contribution < -0.4 is 5.73 Å². The normalized spacial score (nSPS) is 15.6. The zero-order chi connectivity index (χ0) is 13.1. The van der Waals surface area contributed by atoms with E-state index in [1.165, 1.54) is 14.0 Å². The lowest BCUT2D eigenvalue weighted by atomic mass is 10.3. The van der Waals surface area contributed by atoms with E-state index in [2.05, 4.69) is 4.74 Å². The van der Waals surface area contributed by atoms with Gasteiger partial charge in [-0.15, -0.1) is 0 Å². The Labute approximate surface area is 101 Å². The van der Waals surface area contributed by atoms with E-state index in [0.29, 0.717) is 0 Å². The third-order valence-electron chi connectivity index (χ3n) is 2.34. The van der Waals surface area contributed by atoms with Crippen molar-refractivity contribution in [2.24, 2.45) is 5.73 Å². The Morgan fingerprint density at radius 2 is 1.88 bits per heavy atom. The topological polar surface area (TPSA) is 89.7 Å². The van der Waals surface area contributed by atoms with Crippen LogP contribution in [0.25, 0.3) is 0 Å². The van der Waals surface area contributed by atoms with E-state index in [1.54, 1.807) is 6.92 Å². The first-order chi connectivity index (χ1) is 7.16. The fourth-order valence-electron chi connectivity index (χ4n) is 0.937. The van der Waals surface area contributed by atoms with E-state index in [-0.39, 0.29) is 4.99 Å². The lowest BCUT2D eigenvalue weighted by Gasteiger charge is -2.25. The van der Waals surface area contributed by atoms with Gasteiger partial charge in [-0.05, 0) is 13.8 Å². The van der Waals surface area contributed by atoms with Gasteiger partial charge in [0.2, 0.25) is 10.0 Å². The standard InChI is InChI=1S/C8H16N2O4S2/c1-5(7(9)15)10(3)16(12,13)6(2)8(11)14-4/h5-6H,1-4H3,(H2,9,15). The average Bonchev–Trinajstić information content (AvgIpc) is 2.24. The van der Waals surface area contributed by atoms with Crippen LogP contribution >= 0.6 is 12.2 Å². The van der Waals surface area contributed by atoms with Crippen molar-refractivity contribution in [1.82, 2.24) is 4.31 Å². The fraction of sp³-hybridized carbons (Fsp3) is 0.750. The van der Waals surface area contributed by atoms with E-state index < -0.39 is 27.3 Å². The maximum absolute atomic E-state index is 11.9. The number of sulfonamides is 1. The molecular weight excluding hydrogens is 252 g/mol. The molecule has 0 aromatic carbocycles. The molecule has 2 N–H and O–H groups in total. The summed E-state index contributed by atoms with van der Waals surface area (Å²) in [4.78, 5) is 11.2. The lowest BCUT2D eigenvalue weighted by Crippen LogP contribution is -2.47. The quantitative estimate of drug-likeness (QED) is 0.533. The summed E-state index contributed by atoms with van der Waals surface area (Å²) < 4.78 is 29.1. The van der Waals surface area contributed by atoms with E-state index in [9.17, 15) is 13.2 Å². The summed E-state index contributed by atoms with van der Waals surface area (Å²) >= 11 is 4.70. The molecule has 2 unspecified atom stereocenters. The van der Waals surface area contributed by atoms with Gasteiger partial charge >= 0.3 is 5.97 Å². The number of rotatable bonds is 5. The van der Waals surface area contributed by atoms with E-state index in [4.69, 9.17) is 18.0 Å². The second-order valence-electron chi connectivity index (χ2n) is 3.30. The van der Waals surface area contributed by atoms with E-state index >= 15 is 0 Å². The van der Waals surface area contributed by atoms with Gasteiger partial charge in [0.05, 0.1) is 18.1 Å². The Bertz CT molecular complexity index is 379. The minimum absolute atomic E-state index is 0.0446. The summed E-state index contributed by atoms with van der Waals surface area (Å²) in [6, 6.07) is -0.646. The van der Waals surface area contributed by atoms with Gasteiger partial charge in [-0.2, -0.15) is 4.31 Å². The highest BCUT2D eigenvalue weighted by molar-refractivity contribution is 7.90. The average molecular weight is 268 g/mol. The second-order valence-corrected chi connectivity index (χ2v) is 6.09. The number of hydrogen-bond acceptors (Lipinski definition) is 5. The van der Waals surface area contributed by atoms with Crippen LogP contribution in [0.5, 0.6) is 0 Å². The van der Waals surface area contributed by atoms with Gasteiger partial charge in [0.15, 0.2) is 5.25 Å². The number of carbonyl (C=O) groups is 1. The minimum Gasteiger partial charge on any atom is -0.468 e. The maximum Gasteiger partial charge on any atom is 0.325 e. The molecule has 16 heavy (non-hydrogen) atoms. The van der Waals surface area contributed by atoms with Crippen LogP contribution in [-0.4, -0.2) is 49.1 Å². The van der Waals surface area contributed by atoms with Gasteiger partial charge in [0.25, 0.3) is 0 Å². The van der Waals surface area contributed by atoms with Crippen molar-refractivity contribution >= 4 is 33.2 Å². The number of methoxy groups -OCH3 is 1. The monoisotopic (exact) mass is 268 g/mol. The van der Waals surface area contributed by atoms with Gasteiger partial charge in [0, 0.05) is 7.05 Å². The summed E-state index contributed by atoms with van der Waals surface area (Å²) in [6.45, 7) is 2.80. The third-order valence-corrected chi connectivity index (χ3v) is 4.88. The Hall–Kier alpha value is -0.730. The molecule has 2 atom stereocenters. The third kappa shape index (κ3) is 3.13. The van der Waals surface area contributed by atoms with Crippen molar-refractivity contribution < 1.29 is 17.9 Å². The molecule has 6 nitrogen and oxygen atoms in total. The molecule has 0 saturated carbocycles. The lowest BCUT2D eigenvalue weighted by molar-refractivity contribution is -0.139. The molecule has 0 radical (unpaired) electrons. The van der Waals surface area contributed by atoms with Gasteiger partial charge in [-0.25, -0.2) is 8.42 Å². The summed E-state index contributed by atoms with van der Waals surface area (Å²) in [5.41, 5.74) is 5.35. The smallest absolute Gasteiger partial charge is 0.325 e. The van der Waals surface area contributed by atoms with Crippen LogP contribution in [-0.2, 0) is 19.6 Å². The van der Waals surface area contributed by atoms with Crippen LogP contribution in [0.4, 0.5) is 0 Å². The van der Waals surface area contributed by atoms with E-state index in [0.717, 1.165) is 11.4 Å². The molecule has 94 valence electrons. The minimum atomic E-state index is -3.80. The molecule has 0 bridgehead atoms. The van der Waals surface area contributed by atoms with Gasteiger partial charge in [-0.1, -0.05) is 12.2 Å². The molecule has 0 amide bonds. The summed E-state index contributed by atoms with van der Waals surface area (Å²) in [6.07, 6.45) is 0. The van der Waals surface area contributed by atoms with Crippen LogP contribution in [0.3, 0.4) is 0 Å². The van der Waals surface area contributed by atoms with Gasteiger partial charge in [0.1, 0.15) is 0 Å². The Morgan fingerprint density at radius 1 is 1.44 bits per heavy atom. The molecule has 8 heteroatoms. The van der Waals surface area contributed by atoms with Crippen molar-refractivity contribution in [3.05, 3.63) is 0 Å². The van der Waals surface area contributed by atoms with Gasteiger partial charge < -0.3 is 10.5 Å². The Balaban J connectivity index is 5.07. The fourth-order valence-corrected chi connectivity index (χ4v) is 2.55. The molecule has 0 fully saturated rings. The molecular formula is C8H16N2O4S2. The first-order valence-electron chi connectivity index (χ1n) is 4.50.